The molecule has 10 heteroatoms. The second-order valence-electron chi connectivity index (χ2n) is 20.1. The predicted octanol–water partition coefficient (Wildman–Crippen LogP) is 16.3. The lowest BCUT2D eigenvalue weighted by atomic mass is 10.0. The summed E-state index contributed by atoms with van der Waals surface area (Å²) in [5.74, 6) is -0.578. The lowest BCUT2D eigenvalue weighted by Crippen LogP contribution is -2.47. The van der Waals surface area contributed by atoms with Crippen LogP contribution in [-0.4, -0.2) is 69.4 Å². The summed E-state index contributed by atoms with van der Waals surface area (Å²) in [5.41, 5.74) is 0. The van der Waals surface area contributed by atoms with Gasteiger partial charge in [-0.05, 0) is 96.0 Å². The van der Waals surface area contributed by atoms with Gasteiger partial charge in [-0.3, -0.25) is 14.2 Å². The molecule has 0 saturated heterocycles. The van der Waals surface area contributed by atoms with Crippen LogP contribution in [0.4, 0.5) is 0 Å². The van der Waals surface area contributed by atoms with Crippen molar-refractivity contribution in [2.45, 2.75) is 251 Å². The molecule has 9 nitrogen and oxygen atoms in total. The monoisotopic (exact) mass is 987 g/mol. The zero-order valence-electron chi connectivity index (χ0n) is 45.5. The van der Waals surface area contributed by atoms with Gasteiger partial charge < -0.3 is 28.5 Å². The minimum atomic E-state index is -4.70. The van der Waals surface area contributed by atoms with E-state index in [2.05, 4.69) is 86.8 Å². The highest BCUT2D eigenvalue weighted by Crippen LogP contribution is 2.38. The zero-order chi connectivity index (χ0) is 50.8. The van der Waals surface area contributed by atoms with E-state index in [-0.39, 0.29) is 31.3 Å². The first kappa shape index (κ1) is 66.5. The Morgan fingerprint density at radius 2 is 0.928 bits per heavy atom. The standard InChI is InChI=1S/C59H107N2O7P/c1-7-10-13-16-19-22-25-28-30-31-32-33-36-39-42-45-48-51-58(62)60-56(55-67-69(64,65)66-54-53-61(4,5)6)57(50-47-44-41-38-35-27-24-21-18-15-12-9-3)68-59(63)52-49-46-43-40-37-34-29-26-23-20-17-14-11-8-2/h11,14,19-20,22-23,28,30,32-33,47,50,56-57H,7-10,12-13,15-18,21,24-27,29,31,34-46,48-49,51-55H2,1-6H3,(H-,60,62,64,65)/b14-11+,22-19-,23-20+,30-28-,33-32-,50-47+. The smallest absolute Gasteiger partial charge is 0.306 e. The number of hydrogen-bond acceptors (Lipinski definition) is 7. The van der Waals surface area contributed by atoms with E-state index in [1.54, 1.807) is 0 Å². The van der Waals surface area contributed by atoms with Gasteiger partial charge in [-0.1, -0.05) is 203 Å². The molecule has 0 rings (SSSR count). The Balaban J connectivity index is 5.41. The number of carbonyl (C=O) groups excluding carboxylic acids is 2. The molecule has 0 aliphatic carbocycles. The van der Waals surface area contributed by atoms with E-state index in [0.717, 1.165) is 103 Å². The van der Waals surface area contributed by atoms with Crippen LogP contribution in [0.25, 0.3) is 0 Å². The number of allylic oxidation sites excluding steroid dienone is 11. The summed E-state index contributed by atoms with van der Waals surface area (Å²) in [7, 11) is 1.16. The molecule has 3 atom stereocenters. The van der Waals surface area contributed by atoms with Crippen molar-refractivity contribution in [3.8, 4) is 0 Å². The highest BCUT2D eigenvalue weighted by molar-refractivity contribution is 7.45. The molecule has 3 unspecified atom stereocenters. The van der Waals surface area contributed by atoms with Crippen molar-refractivity contribution in [3.63, 3.8) is 0 Å². The van der Waals surface area contributed by atoms with E-state index in [4.69, 9.17) is 13.8 Å². The highest BCUT2D eigenvalue weighted by atomic mass is 31.2. The summed E-state index contributed by atoms with van der Waals surface area (Å²) < 4.78 is 30.2. The number of ether oxygens (including phenoxy) is 1. The summed E-state index contributed by atoms with van der Waals surface area (Å²) in [6.45, 7) is 6.67. The quantitative estimate of drug-likeness (QED) is 0.0212. The van der Waals surface area contributed by atoms with Gasteiger partial charge in [-0.15, -0.1) is 0 Å². The van der Waals surface area contributed by atoms with E-state index >= 15 is 0 Å². The van der Waals surface area contributed by atoms with Crippen molar-refractivity contribution >= 4 is 19.7 Å². The van der Waals surface area contributed by atoms with Crippen LogP contribution in [0, 0.1) is 0 Å². The first-order chi connectivity index (χ1) is 33.4. The van der Waals surface area contributed by atoms with Crippen molar-refractivity contribution in [3.05, 3.63) is 72.9 Å². The molecule has 0 bridgehead atoms. The van der Waals surface area contributed by atoms with Gasteiger partial charge in [-0.25, -0.2) is 0 Å². The van der Waals surface area contributed by atoms with Gasteiger partial charge in [0.1, 0.15) is 19.3 Å². The van der Waals surface area contributed by atoms with Crippen molar-refractivity contribution in [1.29, 1.82) is 0 Å². The Morgan fingerprint density at radius 3 is 1.42 bits per heavy atom. The third-order valence-corrected chi connectivity index (χ3v) is 13.1. The number of hydrogen-bond donors (Lipinski definition) is 1. The Labute approximate surface area is 425 Å². The van der Waals surface area contributed by atoms with Crippen LogP contribution < -0.4 is 10.2 Å². The summed E-state index contributed by atoms with van der Waals surface area (Å²) in [4.78, 5) is 39.8. The fraction of sp³-hybridized carbons (Fsp3) is 0.763. The summed E-state index contributed by atoms with van der Waals surface area (Å²) in [6, 6.07) is -0.904. The van der Waals surface area contributed by atoms with Gasteiger partial charge >= 0.3 is 5.97 Å². The molecule has 0 heterocycles. The minimum Gasteiger partial charge on any atom is -0.756 e. The number of phosphoric acid groups is 1. The maximum absolute atomic E-state index is 13.5. The topological polar surface area (TPSA) is 114 Å². The largest absolute Gasteiger partial charge is 0.756 e. The number of rotatable bonds is 50. The lowest BCUT2D eigenvalue weighted by Gasteiger charge is -2.30. The van der Waals surface area contributed by atoms with Crippen molar-refractivity contribution < 1.29 is 37.3 Å². The van der Waals surface area contributed by atoms with Crippen LogP contribution in [0.2, 0.25) is 0 Å². The van der Waals surface area contributed by atoms with Crippen molar-refractivity contribution in [1.82, 2.24) is 5.32 Å². The van der Waals surface area contributed by atoms with E-state index in [1.165, 1.54) is 96.3 Å². The average Bonchev–Trinajstić information content (AvgIpc) is 3.31. The van der Waals surface area contributed by atoms with Crippen LogP contribution in [0.1, 0.15) is 239 Å². The number of esters is 1. The number of amides is 1. The van der Waals surface area contributed by atoms with Crippen LogP contribution in [0.15, 0.2) is 72.9 Å². The summed E-state index contributed by atoms with van der Waals surface area (Å²) in [6.07, 6.45) is 61.5. The van der Waals surface area contributed by atoms with E-state index < -0.39 is 26.6 Å². The summed E-state index contributed by atoms with van der Waals surface area (Å²) >= 11 is 0. The molecule has 0 aromatic carbocycles. The molecule has 400 valence electrons. The van der Waals surface area contributed by atoms with E-state index in [9.17, 15) is 19.0 Å². The predicted molar refractivity (Wildman–Crippen MR) is 293 cm³/mol. The maximum Gasteiger partial charge on any atom is 0.306 e. The van der Waals surface area contributed by atoms with Gasteiger partial charge in [0.25, 0.3) is 7.82 Å². The van der Waals surface area contributed by atoms with Crippen LogP contribution in [-0.2, 0) is 27.9 Å². The molecule has 0 aromatic heterocycles. The van der Waals surface area contributed by atoms with Crippen LogP contribution in [0.3, 0.4) is 0 Å². The first-order valence-corrected chi connectivity index (χ1v) is 29.7. The second-order valence-corrected chi connectivity index (χ2v) is 21.5. The van der Waals surface area contributed by atoms with E-state index in [0.29, 0.717) is 17.4 Å². The van der Waals surface area contributed by atoms with Gasteiger partial charge in [0, 0.05) is 12.8 Å². The lowest BCUT2D eigenvalue weighted by molar-refractivity contribution is -0.870. The molecule has 0 fully saturated rings. The summed E-state index contributed by atoms with van der Waals surface area (Å²) in [5, 5.41) is 3.00. The third kappa shape index (κ3) is 50.2. The SMILES string of the molecule is CC/C=C/C/C=C/CCCCCCCCCC(=O)OC(/C=C/CCCCCCCCCCCC)C(COP(=O)([O-])OCC[N+](C)(C)C)NC(=O)CCCCCC/C=C\C/C=C\C/C=C\CCCCC. The molecule has 0 aliphatic heterocycles. The second kappa shape index (κ2) is 49.0. The highest BCUT2D eigenvalue weighted by Gasteiger charge is 2.27. The maximum atomic E-state index is 13.5. The minimum absolute atomic E-state index is 0.0308. The molecular weight excluding hydrogens is 880 g/mol. The van der Waals surface area contributed by atoms with Gasteiger partial charge in [0.05, 0.1) is 33.8 Å². The van der Waals surface area contributed by atoms with Gasteiger partial charge in [0.2, 0.25) is 5.91 Å². The van der Waals surface area contributed by atoms with Gasteiger partial charge in [-0.2, -0.15) is 0 Å². The zero-order valence-corrected chi connectivity index (χ0v) is 46.4. The first-order valence-electron chi connectivity index (χ1n) is 28.2. The number of phosphoric ester groups is 1. The van der Waals surface area contributed by atoms with Crippen LogP contribution in [0.5, 0.6) is 0 Å². The number of unbranched alkanes of at least 4 members (excludes halogenated alkanes) is 24. The number of likely N-dealkylation sites (N-methyl/N-ethyl adjacent to an activating group) is 1. The molecule has 1 N–H and O–H groups in total. The van der Waals surface area contributed by atoms with Gasteiger partial charge in [0.15, 0.2) is 0 Å². The molecule has 0 radical (unpaired) electrons. The Morgan fingerprint density at radius 1 is 0.522 bits per heavy atom. The van der Waals surface area contributed by atoms with Crippen LogP contribution >= 0.6 is 7.82 Å². The third-order valence-electron chi connectivity index (χ3n) is 12.1. The number of carbonyl (C=O) groups is 2. The van der Waals surface area contributed by atoms with Crippen molar-refractivity contribution in [2.75, 3.05) is 40.9 Å². The van der Waals surface area contributed by atoms with Crippen molar-refractivity contribution in [2.24, 2.45) is 0 Å². The molecule has 0 spiro atoms. The number of quaternary nitrogens is 1. The van der Waals surface area contributed by atoms with E-state index in [1.807, 2.05) is 33.3 Å². The fourth-order valence-corrected chi connectivity index (χ4v) is 8.46. The molecule has 0 aromatic rings. The number of nitrogens with zero attached hydrogens (tertiary/aromatic N) is 1. The Hall–Kier alpha value is -2.55. The Bertz CT molecular complexity index is 1420. The fourth-order valence-electron chi connectivity index (χ4n) is 7.74. The molecule has 0 aliphatic rings. The molecule has 0 saturated carbocycles. The molecular formula is C59H107N2O7P. The average molecular weight is 987 g/mol. The Kier molecular flexibility index (Phi) is 47.2. The molecule has 69 heavy (non-hydrogen) atoms. The molecule has 1 amide bonds. The normalized spacial score (nSPS) is 14.4. The number of nitrogens with one attached hydrogen (secondary N) is 1.